The van der Waals surface area contributed by atoms with Crippen LogP contribution in [-0.2, 0) is 38.4 Å². The highest BCUT2D eigenvalue weighted by Gasteiger charge is 2.38. The van der Waals surface area contributed by atoms with Crippen LogP contribution in [0.15, 0.2) is 128 Å². The van der Waals surface area contributed by atoms with Gasteiger partial charge in [-0.1, -0.05) is 33.8 Å². The van der Waals surface area contributed by atoms with E-state index in [4.69, 9.17) is 16.6 Å². The number of nitrogens with zero attached hydrogens (tertiary/aromatic N) is 14. The molecule has 4 aliphatic rings. The zero-order valence-electron chi connectivity index (χ0n) is 66.9. The minimum Gasteiger partial charge on any atom is -0.474 e. The molecular formula is C83H97N25O9. The SMILES string of the molecule is C[C@@H]1CC[C@@H](c2ccc3[nH]ncc3n2)NC1.Cc1cc(NC(=O)C(=O)N2C[C@H](C)CC[C@H]2c2ccc3[nH]ncc3c2)cnc1C.Cc1cc(NC(=O)C(=O)N2C[C@H](C)CC[C@H]2c2ccc3[nH]ncc3n2)cnc1N.Cc1cc(NC(=O)C(=O)N2C[C@H](C)CC[C@H]2c2ccc3[nH]ncc3n2)cnc1N.Cc1cc(NC(=O)C(=O)O)cnc1C. The van der Waals surface area contributed by atoms with Crippen molar-refractivity contribution in [1.29, 1.82) is 0 Å². The number of carbonyl (C=O) groups excluding carboxylic acids is 7. The van der Waals surface area contributed by atoms with E-state index in [9.17, 15) is 38.4 Å². The molecule has 11 aromatic heterocycles. The van der Waals surface area contributed by atoms with E-state index in [1.165, 1.54) is 31.4 Å². The van der Waals surface area contributed by atoms with Crippen molar-refractivity contribution in [1.82, 2.24) is 95.7 Å². The average molecular weight is 1590 g/mol. The van der Waals surface area contributed by atoms with Crippen molar-refractivity contribution in [3.05, 3.63) is 185 Å². The van der Waals surface area contributed by atoms with E-state index in [0.717, 1.165) is 151 Å². The molecule has 34 nitrogen and oxygen atoms in total. The van der Waals surface area contributed by atoms with E-state index >= 15 is 0 Å². The molecule has 4 fully saturated rings. The molecule has 4 saturated heterocycles. The Balaban J connectivity index is 0.000000138. The second-order valence-corrected chi connectivity index (χ2v) is 30.7. The van der Waals surface area contributed by atoms with Crippen molar-refractivity contribution in [2.24, 2.45) is 23.7 Å². The van der Waals surface area contributed by atoms with Crippen LogP contribution >= 0.6 is 0 Å². The number of carboxylic acids is 1. The number of H-pyrrole nitrogens is 4. The molecule has 0 unspecified atom stereocenters. The minimum absolute atomic E-state index is 0.123. The third-order valence-corrected chi connectivity index (χ3v) is 21.5. The summed E-state index contributed by atoms with van der Waals surface area (Å²) in [5.41, 5.74) is 28.1. The molecule has 0 bridgehead atoms. The highest BCUT2D eigenvalue weighted by atomic mass is 16.4. The van der Waals surface area contributed by atoms with Crippen LogP contribution in [0.5, 0.6) is 0 Å². The first kappa shape index (κ1) is 82.9. The number of carboxylic acid groups (broad SMARTS) is 1. The number of anilines is 6. The Morgan fingerprint density at radius 1 is 0.393 bits per heavy atom. The van der Waals surface area contributed by atoms with Crippen molar-refractivity contribution < 1.29 is 43.5 Å². The van der Waals surface area contributed by atoms with E-state index in [2.05, 4.69) is 142 Å². The standard InChI is InChI=1S/C22H25N5O2.2C20H23N7O2.C12H16N4.C9H10N2O3/c1-13-4-7-20(16-5-6-19-17(9-16)10-24-26-19)27(12-13)22(29)21(28)25-18-8-14(2)15(3)23-11-18;2*1-11-3-6-17(15-5-4-14-16(25-15)9-23-26-14)27(10-11)20(29)19(28)24-13-7-12(2)18(21)22-8-13;1-8-2-3-9(13-6-8)10-4-5-11-12(15-10)7-14-16-11;1-5-3-7(4-10-6(5)2)11-8(12)9(13)14/h5-6,8-11,13,20H,4,7,12H2,1-3H3,(H,24,26)(H,25,28);2*4-5,7-9,11,17H,3,6,10H2,1-2H3,(H2,21,22)(H,23,26)(H,24,28);4-5,7-9,13H,2-3,6H2,1H3,(H,14,16);3-4H,1-2H3,(H,11,12)(H,13,14)/t13-,20+;2*11-,17+;8-,9+;/m1111./s1. The van der Waals surface area contributed by atoms with Gasteiger partial charge in [0.05, 0.1) is 130 Å². The maximum Gasteiger partial charge on any atom is 0.394 e. The highest BCUT2D eigenvalue weighted by molar-refractivity contribution is 6.41. The number of carbonyl (C=O) groups is 8. The van der Waals surface area contributed by atoms with Crippen LogP contribution in [0.25, 0.3) is 44.0 Å². The van der Waals surface area contributed by atoms with Crippen molar-refractivity contribution in [2.75, 3.05) is 58.9 Å². The van der Waals surface area contributed by atoms with Gasteiger partial charge in [0.1, 0.15) is 28.2 Å². The van der Waals surface area contributed by atoms with Crippen LogP contribution in [0, 0.1) is 65.2 Å². The lowest BCUT2D eigenvalue weighted by atomic mass is 9.89. The van der Waals surface area contributed by atoms with Crippen LogP contribution < -0.4 is 38.1 Å². The summed E-state index contributed by atoms with van der Waals surface area (Å²) in [6, 6.07) is 24.4. The number of piperidine rings is 4. The molecule has 117 heavy (non-hydrogen) atoms. The molecule has 34 heteroatoms. The molecular weight excluding hydrogens is 1490 g/mol. The van der Waals surface area contributed by atoms with Gasteiger partial charge in [0.2, 0.25) is 0 Å². The molecule has 15 heterocycles. The topological polar surface area (TPSA) is 484 Å². The Morgan fingerprint density at radius 3 is 1.16 bits per heavy atom. The molecule has 0 spiro atoms. The summed E-state index contributed by atoms with van der Waals surface area (Å²) in [7, 11) is 0. The smallest absolute Gasteiger partial charge is 0.394 e. The van der Waals surface area contributed by atoms with Gasteiger partial charge in [-0.25, -0.2) is 29.7 Å². The Bertz CT molecular complexity index is 5230. The lowest BCUT2D eigenvalue weighted by Crippen LogP contribution is -2.46. The van der Waals surface area contributed by atoms with Crippen molar-refractivity contribution in [3.63, 3.8) is 0 Å². The molecule has 12 aromatic rings. The monoisotopic (exact) mass is 1590 g/mol. The third kappa shape index (κ3) is 20.7. The maximum atomic E-state index is 13.1. The fourth-order valence-electron chi connectivity index (χ4n) is 14.5. The first-order chi connectivity index (χ1) is 56.1. The largest absolute Gasteiger partial charge is 0.474 e. The Hall–Kier alpha value is -13.5. The molecule has 608 valence electrons. The number of hydrogen-bond donors (Lipinski definition) is 12. The van der Waals surface area contributed by atoms with Gasteiger partial charge in [-0.2, -0.15) is 20.4 Å². The predicted molar refractivity (Wildman–Crippen MR) is 442 cm³/mol. The van der Waals surface area contributed by atoms with Gasteiger partial charge in [0, 0.05) is 42.5 Å². The second kappa shape index (κ2) is 37.2. The number of pyridine rings is 7. The number of aryl methyl sites for hydroxylation is 6. The number of nitrogen functional groups attached to an aromatic ring is 2. The van der Waals surface area contributed by atoms with Crippen molar-refractivity contribution >= 4 is 126 Å². The molecule has 0 radical (unpaired) electrons. The van der Waals surface area contributed by atoms with Crippen LogP contribution in [0.2, 0.25) is 0 Å². The zero-order valence-corrected chi connectivity index (χ0v) is 66.9. The number of hydrogen-bond acceptors (Lipinski definition) is 22. The van der Waals surface area contributed by atoms with Gasteiger partial charge in [0.15, 0.2) is 0 Å². The molecule has 4 aliphatic heterocycles. The number of aromatic nitrogens is 15. The van der Waals surface area contributed by atoms with Gasteiger partial charge < -0.3 is 57.9 Å². The van der Waals surface area contributed by atoms with E-state index < -0.39 is 47.3 Å². The van der Waals surface area contributed by atoms with Crippen molar-refractivity contribution in [3.8, 4) is 0 Å². The summed E-state index contributed by atoms with van der Waals surface area (Å²) < 4.78 is 0. The molecule has 14 N–H and O–H groups in total. The number of benzene rings is 1. The van der Waals surface area contributed by atoms with Crippen LogP contribution in [0.4, 0.5) is 34.4 Å². The third-order valence-electron chi connectivity index (χ3n) is 21.5. The van der Waals surface area contributed by atoms with Crippen LogP contribution in [0.3, 0.4) is 0 Å². The van der Waals surface area contributed by atoms with E-state index in [1.807, 2.05) is 76.2 Å². The normalized spacial score (nSPS) is 19.1. The van der Waals surface area contributed by atoms with Gasteiger partial charge in [-0.05, 0) is 224 Å². The predicted octanol–water partition coefficient (Wildman–Crippen LogP) is 10.6. The van der Waals surface area contributed by atoms with Crippen molar-refractivity contribution in [2.45, 2.75) is 145 Å². The summed E-state index contributed by atoms with van der Waals surface area (Å²) in [5, 5.41) is 50.7. The van der Waals surface area contributed by atoms with E-state index in [1.54, 1.807) is 77.7 Å². The number of fused-ring (bicyclic) bond motifs is 4. The molecule has 1 aromatic carbocycles. The summed E-state index contributed by atoms with van der Waals surface area (Å²) in [4.78, 5) is 133. The lowest BCUT2D eigenvalue weighted by Gasteiger charge is -2.38. The second-order valence-electron chi connectivity index (χ2n) is 30.7. The van der Waals surface area contributed by atoms with Gasteiger partial charge >= 0.3 is 47.3 Å². The highest BCUT2D eigenvalue weighted by Crippen LogP contribution is 2.38. The minimum atomic E-state index is -1.51. The summed E-state index contributed by atoms with van der Waals surface area (Å²) >= 11 is 0. The Morgan fingerprint density at radius 2 is 0.752 bits per heavy atom. The molecule has 0 aliphatic carbocycles. The Labute approximate surface area is 673 Å². The van der Waals surface area contributed by atoms with Crippen LogP contribution in [0.1, 0.15) is 160 Å². The van der Waals surface area contributed by atoms with E-state index in [-0.39, 0.29) is 18.1 Å². The van der Waals surface area contributed by atoms with Gasteiger partial charge in [0.25, 0.3) is 0 Å². The van der Waals surface area contributed by atoms with E-state index in [0.29, 0.717) is 77.8 Å². The summed E-state index contributed by atoms with van der Waals surface area (Å²) in [6.45, 7) is 22.3. The molecule has 0 saturated carbocycles. The first-order valence-corrected chi connectivity index (χ1v) is 38.9. The average Bonchev–Trinajstić information content (AvgIpc) is 1.33. The number of aliphatic carboxylic acids is 1. The fraction of sp³-hybridized carbons (Fsp3) is 0.361. The zero-order chi connectivity index (χ0) is 83.3. The van der Waals surface area contributed by atoms with Gasteiger partial charge in [-0.3, -0.25) is 63.9 Å². The quantitative estimate of drug-likeness (QED) is 0.0629. The number of nitrogens with one attached hydrogen (secondary N) is 9. The van der Waals surface area contributed by atoms with Crippen LogP contribution in [-0.4, -0.2) is 169 Å². The summed E-state index contributed by atoms with van der Waals surface area (Å²) in [5.74, 6) is -3.72. The summed E-state index contributed by atoms with van der Waals surface area (Å²) in [6.07, 6.45) is 20.5. The fourth-order valence-corrected chi connectivity index (χ4v) is 14.5. The number of likely N-dealkylation sites (tertiary alicyclic amines) is 3. The number of nitrogens with two attached hydrogens (primary N) is 2. The molecule has 8 atom stereocenters. The molecule has 16 rings (SSSR count). The lowest BCUT2D eigenvalue weighted by molar-refractivity contribution is -0.147. The number of amides is 7. The number of rotatable bonds is 8. The Kier molecular flexibility index (Phi) is 26.3. The number of aromatic amines is 4. The maximum absolute atomic E-state index is 13.1. The first-order valence-electron chi connectivity index (χ1n) is 38.9. The van der Waals surface area contributed by atoms with Gasteiger partial charge in [-0.15, -0.1) is 0 Å². The molecule has 7 amide bonds.